The van der Waals surface area contributed by atoms with Gasteiger partial charge in [0.2, 0.25) is 11.8 Å². The summed E-state index contributed by atoms with van der Waals surface area (Å²) in [4.78, 5) is 47.2. The van der Waals surface area contributed by atoms with Crippen LogP contribution in [0.1, 0.15) is 32.6 Å². The van der Waals surface area contributed by atoms with Gasteiger partial charge in [0.1, 0.15) is 6.04 Å². The van der Waals surface area contributed by atoms with Crippen molar-refractivity contribution in [3.63, 3.8) is 0 Å². The van der Waals surface area contributed by atoms with Gasteiger partial charge in [-0.2, -0.15) is 24.4 Å². The number of thioether (sulfide) groups is 1. The maximum atomic E-state index is 12.2. The van der Waals surface area contributed by atoms with Crippen molar-refractivity contribution in [2.45, 2.75) is 56.0 Å². The normalized spacial score (nSPS) is 25.7. The monoisotopic (exact) mass is 389 g/mol. The molecule has 2 fully saturated rings. The fourth-order valence-electron chi connectivity index (χ4n) is 3.22. The number of rotatable bonds is 8. The van der Waals surface area contributed by atoms with Crippen LogP contribution >= 0.6 is 24.4 Å². The number of unbranched alkanes of at least 4 members (excludes halogenated alkanes) is 1. The summed E-state index contributed by atoms with van der Waals surface area (Å²) >= 11 is 5.73. The van der Waals surface area contributed by atoms with Crippen molar-refractivity contribution in [3.8, 4) is 0 Å². The highest BCUT2D eigenvalue weighted by Crippen LogP contribution is 2.33. The Labute approximate surface area is 155 Å². The van der Waals surface area contributed by atoms with Gasteiger partial charge in [-0.25, -0.2) is 9.59 Å². The van der Waals surface area contributed by atoms with E-state index in [-0.39, 0.29) is 30.3 Å². The number of urea groups is 1. The highest BCUT2D eigenvalue weighted by atomic mass is 32.2. The van der Waals surface area contributed by atoms with Crippen LogP contribution in [0.2, 0.25) is 0 Å². The third-order valence-electron chi connectivity index (χ3n) is 4.45. The number of nitrogens with one attached hydrogen (secondary N) is 2. The van der Waals surface area contributed by atoms with Gasteiger partial charge in [-0.1, -0.05) is 6.42 Å². The lowest BCUT2D eigenvalue weighted by atomic mass is 10.0. The predicted molar refractivity (Wildman–Crippen MR) is 96.8 cm³/mol. The molecule has 0 bridgehead atoms. The Morgan fingerprint density at radius 2 is 2.08 bits per heavy atom. The molecule has 8 nitrogen and oxygen atoms in total. The molecule has 0 unspecified atom stereocenters. The van der Waals surface area contributed by atoms with Gasteiger partial charge in [0.15, 0.2) is 0 Å². The first-order chi connectivity index (χ1) is 11.8. The number of hydrogen-bond donors (Lipinski definition) is 4. The first-order valence-electron chi connectivity index (χ1n) is 8.20. The number of carboxylic acids is 1. The van der Waals surface area contributed by atoms with E-state index in [1.165, 1.54) is 6.92 Å². The molecule has 25 heavy (non-hydrogen) atoms. The third-order valence-corrected chi connectivity index (χ3v) is 6.30. The van der Waals surface area contributed by atoms with E-state index in [0.717, 1.165) is 23.5 Å². The molecule has 0 saturated carbocycles. The van der Waals surface area contributed by atoms with E-state index >= 15 is 0 Å². The Morgan fingerprint density at radius 1 is 1.36 bits per heavy atom. The van der Waals surface area contributed by atoms with Crippen LogP contribution in [0.15, 0.2) is 0 Å². The van der Waals surface area contributed by atoms with Gasteiger partial charge in [0.05, 0.1) is 12.1 Å². The SMILES string of the molecule is CC(=O)N(C(=O)CCCC[C@@H]1SC[C@@H]2NC(=O)N[C@@H]21)[C@@H](CS)C(=O)O. The quantitative estimate of drug-likeness (QED) is 0.272. The minimum Gasteiger partial charge on any atom is -0.480 e. The lowest BCUT2D eigenvalue weighted by molar-refractivity contribution is -0.156. The fourth-order valence-corrected chi connectivity index (χ4v) is 5.09. The molecule has 0 aromatic rings. The molecule has 4 amide bonds. The van der Waals surface area contributed by atoms with Crippen LogP contribution in [0.4, 0.5) is 4.79 Å². The van der Waals surface area contributed by atoms with Gasteiger partial charge in [-0.15, -0.1) is 0 Å². The smallest absolute Gasteiger partial charge is 0.327 e. The van der Waals surface area contributed by atoms with E-state index < -0.39 is 23.8 Å². The summed E-state index contributed by atoms with van der Waals surface area (Å²) < 4.78 is 0. The number of hydrogen-bond acceptors (Lipinski definition) is 6. The Kier molecular flexibility index (Phi) is 7.00. The van der Waals surface area contributed by atoms with Crippen LogP contribution in [0.3, 0.4) is 0 Å². The summed E-state index contributed by atoms with van der Waals surface area (Å²) in [5.41, 5.74) is 0. The van der Waals surface area contributed by atoms with Gasteiger partial charge >= 0.3 is 12.0 Å². The topological polar surface area (TPSA) is 116 Å². The van der Waals surface area contributed by atoms with E-state index in [2.05, 4.69) is 23.3 Å². The molecule has 0 radical (unpaired) electrons. The van der Waals surface area contributed by atoms with Gasteiger partial charge in [-0.3, -0.25) is 14.5 Å². The number of carbonyl (C=O) groups excluding carboxylic acids is 3. The van der Waals surface area contributed by atoms with E-state index in [9.17, 15) is 19.2 Å². The average Bonchev–Trinajstić information content (AvgIpc) is 3.07. The molecule has 2 saturated heterocycles. The number of carbonyl (C=O) groups is 4. The second-order valence-electron chi connectivity index (χ2n) is 6.19. The Bertz CT molecular complexity index is 559. The number of fused-ring (bicyclic) bond motifs is 1. The molecule has 2 aliphatic heterocycles. The van der Waals surface area contributed by atoms with Crippen LogP contribution in [-0.4, -0.2) is 68.7 Å². The molecule has 2 heterocycles. The van der Waals surface area contributed by atoms with Crippen LogP contribution < -0.4 is 10.6 Å². The summed E-state index contributed by atoms with van der Waals surface area (Å²) in [5.74, 6) is -1.54. The maximum absolute atomic E-state index is 12.2. The third kappa shape index (κ3) is 4.81. The van der Waals surface area contributed by atoms with Crippen molar-refractivity contribution in [1.82, 2.24) is 15.5 Å². The zero-order valence-electron chi connectivity index (χ0n) is 13.9. The maximum Gasteiger partial charge on any atom is 0.327 e. The number of aliphatic carboxylic acids is 1. The van der Waals surface area contributed by atoms with Crippen LogP contribution in [0.5, 0.6) is 0 Å². The number of nitrogens with zero attached hydrogens (tertiary/aromatic N) is 1. The summed E-state index contributed by atoms with van der Waals surface area (Å²) in [7, 11) is 0. The fraction of sp³-hybridized carbons (Fsp3) is 0.733. The molecule has 0 spiro atoms. The van der Waals surface area contributed by atoms with Crippen LogP contribution in [0.25, 0.3) is 0 Å². The second kappa shape index (κ2) is 8.79. The standard InChI is InChI=1S/C15H23N3O5S2/c1-8(19)18(10(6-24)14(21)22)12(20)5-3-2-4-11-13-9(7-25-11)16-15(23)17-13/h9-11,13,24H,2-7H2,1H3,(H,21,22)(H2,16,17,23)/t9-,10-,11-,13-/m0/s1. The highest BCUT2D eigenvalue weighted by molar-refractivity contribution is 8.00. The average molecular weight is 389 g/mol. The van der Waals surface area contributed by atoms with E-state index in [4.69, 9.17) is 5.11 Å². The van der Waals surface area contributed by atoms with Crippen molar-refractivity contribution in [3.05, 3.63) is 0 Å². The highest BCUT2D eigenvalue weighted by Gasteiger charge is 2.42. The first kappa shape index (κ1) is 19.9. The van der Waals surface area contributed by atoms with Crippen molar-refractivity contribution in [2.24, 2.45) is 0 Å². The number of thiol groups is 1. The minimum atomic E-state index is -1.24. The van der Waals surface area contributed by atoms with Gasteiger partial charge < -0.3 is 15.7 Å². The predicted octanol–water partition coefficient (Wildman–Crippen LogP) is 0.470. The van der Waals surface area contributed by atoms with E-state index in [0.29, 0.717) is 11.7 Å². The zero-order valence-corrected chi connectivity index (χ0v) is 15.6. The molecule has 2 aliphatic rings. The number of carboxylic acid groups (broad SMARTS) is 1. The molecule has 3 N–H and O–H groups in total. The van der Waals surface area contributed by atoms with E-state index in [1.807, 2.05) is 0 Å². The van der Waals surface area contributed by atoms with Gasteiger partial charge in [0.25, 0.3) is 0 Å². The Morgan fingerprint density at radius 3 is 2.68 bits per heavy atom. The van der Waals surface area contributed by atoms with Crippen molar-refractivity contribution < 1.29 is 24.3 Å². The van der Waals surface area contributed by atoms with Crippen LogP contribution in [0, 0.1) is 0 Å². The molecule has 0 aromatic heterocycles. The first-order valence-corrected chi connectivity index (χ1v) is 9.88. The largest absolute Gasteiger partial charge is 0.480 e. The molecule has 10 heteroatoms. The summed E-state index contributed by atoms with van der Waals surface area (Å²) in [6, 6.07) is -1.06. The molecule has 0 aromatic carbocycles. The lowest BCUT2D eigenvalue weighted by Crippen LogP contribution is -2.48. The Hall–Kier alpha value is -1.42. The second-order valence-corrected chi connectivity index (χ2v) is 7.82. The molecule has 140 valence electrons. The summed E-state index contributed by atoms with van der Waals surface area (Å²) in [6.07, 6.45) is 2.31. The van der Waals surface area contributed by atoms with Gasteiger partial charge in [0, 0.05) is 30.1 Å². The molecule has 4 atom stereocenters. The van der Waals surface area contributed by atoms with Crippen molar-refractivity contribution in [1.29, 1.82) is 0 Å². The van der Waals surface area contributed by atoms with Crippen LogP contribution in [-0.2, 0) is 14.4 Å². The molecular formula is C15H23N3O5S2. The molecule has 2 rings (SSSR count). The summed E-state index contributed by atoms with van der Waals surface area (Å²) in [6.45, 7) is 1.18. The van der Waals surface area contributed by atoms with E-state index in [1.54, 1.807) is 11.8 Å². The minimum absolute atomic E-state index is 0.116. The van der Waals surface area contributed by atoms with Gasteiger partial charge in [-0.05, 0) is 12.8 Å². The van der Waals surface area contributed by atoms with Crippen molar-refractivity contribution >= 4 is 48.2 Å². The van der Waals surface area contributed by atoms with Crippen molar-refractivity contribution in [2.75, 3.05) is 11.5 Å². The lowest BCUT2D eigenvalue weighted by Gasteiger charge is -2.25. The number of amides is 4. The zero-order chi connectivity index (χ0) is 18.6. The number of imide groups is 1. The summed E-state index contributed by atoms with van der Waals surface area (Å²) in [5, 5.41) is 15.2. The Balaban J connectivity index is 1.78. The molecule has 0 aliphatic carbocycles. The molecular weight excluding hydrogens is 366 g/mol.